The van der Waals surface area contributed by atoms with E-state index in [2.05, 4.69) is 0 Å². The number of Topliss-reactive ketones (excluding diaryl/α,β-unsaturated/α-hetero) is 2. The van der Waals surface area contributed by atoms with Crippen molar-refractivity contribution in [2.45, 2.75) is 84.1 Å². The minimum Gasteiger partial charge on any atom is -0.460 e. The molecule has 3 fully saturated rings. The van der Waals surface area contributed by atoms with Gasteiger partial charge < -0.3 is 14.1 Å². The van der Waals surface area contributed by atoms with Gasteiger partial charge >= 0.3 is 5.97 Å². The number of rotatable bonds is 9. The zero-order chi connectivity index (χ0) is 29.1. The third kappa shape index (κ3) is 6.41. The Labute approximate surface area is 241 Å². The van der Waals surface area contributed by atoms with E-state index in [0.717, 1.165) is 55.9 Å². The molecule has 0 spiro atoms. The molecule has 8 heteroatoms. The molecule has 1 aliphatic heterocycles. The molecule has 1 aromatic carbocycles. The third-order valence-electron chi connectivity index (χ3n) is 9.86. The van der Waals surface area contributed by atoms with E-state index in [1.165, 1.54) is 0 Å². The van der Waals surface area contributed by atoms with Crippen molar-refractivity contribution in [3.8, 4) is 0 Å². The van der Waals surface area contributed by atoms with E-state index in [4.69, 9.17) is 9.15 Å². The lowest BCUT2D eigenvalue weighted by Gasteiger charge is -2.36. The Balaban J connectivity index is 1.34. The number of carbonyl (C=O) groups is 4. The number of alkyl halides is 1. The van der Waals surface area contributed by atoms with Crippen molar-refractivity contribution >= 4 is 34.4 Å². The molecular formula is C33H42FNO6. The summed E-state index contributed by atoms with van der Waals surface area (Å²) in [6.45, 7) is 4.17. The zero-order valence-electron chi connectivity index (χ0n) is 24.2. The molecule has 41 heavy (non-hydrogen) atoms. The van der Waals surface area contributed by atoms with Crippen molar-refractivity contribution in [1.29, 1.82) is 0 Å². The van der Waals surface area contributed by atoms with Crippen LogP contribution in [-0.4, -0.2) is 54.2 Å². The monoisotopic (exact) mass is 567 g/mol. The van der Waals surface area contributed by atoms with Crippen molar-refractivity contribution < 1.29 is 32.7 Å². The van der Waals surface area contributed by atoms with Crippen LogP contribution < -0.4 is 0 Å². The van der Waals surface area contributed by atoms with E-state index >= 15 is 0 Å². The van der Waals surface area contributed by atoms with Gasteiger partial charge in [-0.15, -0.1) is 0 Å². The fraction of sp³-hybridized carbons (Fsp3) is 0.636. The molecule has 2 aliphatic carbocycles. The summed E-state index contributed by atoms with van der Waals surface area (Å²) in [5, 5.41) is 0.722. The van der Waals surface area contributed by atoms with Gasteiger partial charge in [0.2, 0.25) is 11.7 Å². The summed E-state index contributed by atoms with van der Waals surface area (Å²) in [7, 11) is 0. The minimum atomic E-state index is -0.525. The maximum absolute atomic E-state index is 14.0. The van der Waals surface area contributed by atoms with E-state index in [-0.39, 0.29) is 66.6 Å². The number of halogens is 1. The number of hydrogen-bond acceptors (Lipinski definition) is 6. The lowest BCUT2D eigenvalue weighted by atomic mass is 9.74. The zero-order valence-corrected chi connectivity index (χ0v) is 24.2. The molecule has 3 atom stereocenters. The summed E-state index contributed by atoms with van der Waals surface area (Å²) >= 11 is 0. The first-order valence-corrected chi connectivity index (χ1v) is 15.4. The van der Waals surface area contributed by atoms with Crippen LogP contribution in [-0.2, 0) is 25.5 Å². The molecule has 7 nitrogen and oxygen atoms in total. The molecule has 0 radical (unpaired) electrons. The molecule has 2 aromatic rings. The summed E-state index contributed by atoms with van der Waals surface area (Å²) < 4.78 is 23.9. The molecule has 1 aromatic heterocycles. The summed E-state index contributed by atoms with van der Waals surface area (Å²) in [5.41, 5.74) is 1.35. The summed E-state index contributed by atoms with van der Waals surface area (Å²) in [5.74, 6) is 0.484. The van der Waals surface area contributed by atoms with Crippen LogP contribution >= 0.6 is 0 Å². The number of likely N-dealkylation sites (tertiary alicyclic amines) is 1. The third-order valence-corrected chi connectivity index (χ3v) is 9.86. The van der Waals surface area contributed by atoms with Crippen molar-refractivity contribution in [3.05, 3.63) is 35.6 Å². The predicted octanol–water partition coefficient (Wildman–Crippen LogP) is 6.11. The van der Waals surface area contributed by atoms with Crippen molar-refractivity contribution in [2.24, 2.45) is 29.6 Å². The highest BCUT2D eigenvalue weighted by Gasteiger charge is 2.46. The average molecular weight is 568 g/mol. The molecule has 0 unspecified atom stereocenters. The number of esters is 1. The molecule has 1 amide bonds. The number of hydrogen-bond donors (Lipinski definition) is 0. The molecule has 5 rings (SSSR count). The fourth-order valence-electron chi connectivity index (χ4n) is 7.47. The van der Waals surface area contributed by atoms with Gasteiger partial charge in [-0.3, -0.25) is 18.8 Å². The first kappa shape index (κ1) is 29.5. The van der Waals surface area contributed by atoms with E-state index in [1.807, 2.05) is 24.0 Å². The van der Waals surface area contributed by atoms with Crippen LogP contribution in [0.1, 0.15) is 87.8 Å². The van der Waals surface area contributed by atoms with Gasteiger partial charge in [0.1, 0.15) is 11.4 Å². The van der Waals surface area contributed by atoms with Crippen molar-refractivity contribution in [2.75, 3.05) is 19.8 Å². The Bertz CT molecular complexity index is 1270. The van der Waals surface area contributed by atoms with Gasteiger partial charge in [-0.1, -0.05) is 13.0 Å². The van der Waals surface area contributed by atoms with E-state index in [0.29, 0.717) is 30.9 Å². The minimum absolute atomic E-state index is 0.0194. The van der Waals surface area contributed by atoms with Crippen LogP contribution in [0.4, 0.5) is 4.39 Å². The number of amides is 1. The topological polar surface area (TPSA) is 93.9 Å². The number of ether oxygens (including phenoxy) is 1. The lowest BCUT2D eigenvalue weighted by Crippen LogP contribution is -2.48. The van der Waals surface area contributed by atoms with Crippen LogP contribution in [0.2, 0.25) is 0 Å². The van der Waals surface area contributed by atoms with Gasteiger partial charge in [-0.25, -0.2) is 4.79 Å². The molecule has 0 N–H and O–H groups in total. The Morgan fingerprint density at radius 1 is 1.05 bits per heavy atom. The SMILES string of the molecule is CCOC(=O)c1cc2cc(CC(=O)[C@H]3[C@@H](C4CCC(=O)CC4)CCN3C(=O)C3CCC([C@H](C)CF)CC3)ccc2o1. The fourth-order valence-corrected chi connectivity index (χ4v) is 7.47. The van der Waals surface area contributed by atoms with E-state index in [1.54, 1.807) is 19.1 Å². The maximum atomic E-state index is 14.0. The summed E-state index contributed by atoms with van der Waals surface area (Å²) in [6.07, 6.45) is 6.78. The normalized spacial score (nSPS) is 26.3. The Morgan fingerprint density at radius 2 is 1.78 bits per heavy atom. The Kier molecular flexibility index (Phi) is 9.25. The number of ketones is 2. The molecule has 222 valence electrons. The first-order valence-electron chi connectivity index (χ1n) is 15.4. The van der Waals surface area contributed by atoms with Crippen LogP contribution in [0.15, 0.2) is 28.7 Å². The van der Waals surface area contributed by atoms with Gasteiger partial charge in [0, 0.05) is 37.1 Å². The van der Waals surface area contributed by atoms with Crippen LogP contribution in [0, 0.1) is 29.6 Å². The molecule has 2 saturated carbocycles. The molecule has 1 saturated heterocycles. The Morgan fingerprint density at radius 3 is 2.46 bits per heavy atom. The molecular weight excluding hydrogens is 525 g/mol. The van der Waals surface area contributed by atoms with Crippen LogP contribution in [0.3, 0.4) is 0 Å². The second-order valence-electron chi connectivity index (χ2n) is 12.4. The predicted molar refractivity (Wildman–Crippen MR) is 152 cm³/mol. The van der Waals surface area contributed by atoms with Gasteiger partial charge in [0.15, 0.2) is 5.78 Å². The van der Waals surface area contributed by atoms with Gasteiger partial charge in [0.05, 0.1) is 19.3 Å². The van der Waals surface area contributed by atoms with Gasteiger partial charge in [0.25, 0.3) is 0 Å². The highest BCUT2D eigenvalue weighted by atomic mass is 19.1. The van der Waals surface area contributed by atoms with Crippen LogP contribution in [0.5, 0.6) is 0 Å². The number of benzene rings is 1. The smallest absolute Gasteiger partial charge is 0.374 e. The van der Waals surface area contributed by atoms with Crippen molar-refractivity contribution in [1.82, 2.24) is 4.90 Å². The summed E-state index contributed by atoms with van der Waals surface area (Å²) in [6, 6.07) is 6.59. The molecule has 3 aliphatic rings. The first-order chi connectivity index (χ1) is 19.8. The van der Waals surface area contributed by atoms with E-state index < -0.39 is 12.0 Å². The molecule has 0 bridgehead atoms. The Hall–Kier alpha value is -3.03. The number of fused-ring (bicyclic) bond motifs is 1. The second kappa shape index (κ2) is 12.9. The van der Waals surface area contributed by atoms with E-state index in [9.17, 15) is 23.6 Å². The number of nitrogens with zero attached hydrogens (tertiary/aromatic N) is 1. The highest BCUT2D eigenvalue weighted by Crippen LogP contribution is 2.41. The standard InChI is InChI=1S/C33H42FNO6/c1-3-40-33(39)30-18-25-16-21(4-13-29(25)41-30)17-28(37)31-27(23-9-11-26(36)12-10-23)14-15-35(31)32(38)24-7-5-22(6-8-24)20(2)19-34/h4,13,16,18,20,22-24,27,31H,3,5-12,14-15,17,19H2,1-2H3/t20-,22?,24?,27-,31-/m1/s1. The highest BCUT2D eigenvalue weighted by molar-refractivity contribution is 5.94. The van der Waals surface area contributed by atoms with Gasteiger partial charge in [-0.05, 0) is 99.3 Å². The number of carbonyl (C=O) groups excluding carboxylic acids is 4. The summed E-state index contributed by atoms with van der Waals surface area (Å²) in [4.78, 5) is 53.8. The average Bonchev–Trinajstić information content (AvgIpc) is 3.62. The van der Waals surface area contributed by atoms with Gasteiger partial charge in [-0.2, -0.15) is 0 Å². The van der Waals surface area contributed by atoms with Crippen LogP contribution in [0.25, 0.3) is 11.0 Å². The quantitative estimate of drug-likeness (QED) is 0.340. The maximum Gasteiger partial charge on any atom is 0.374 e. The largest absolute Gasteiger partial charge is 0.460 e. The second-order valence-corrected chi connectivity index (χ2v) is 12.4. The van der Waals surface area contributed by atoms with Crippen molar-refractivity contribution in [3.63, 3.8) is 0 Å². The lowest BCUT2D eigenvalue weighted by molar-refractivity contribution is -0.143. The molecule has 2 heterocycles. The number of furan rings is 1.